The van der Waals surface area contributed by atoms with Gasteiger partial charge in [0.2, 0.25) is 5.95 Å². The first-order valence-corrected chi connectivity index (χ1v) is 9.58. The third-order valence-electron chi connectivity index (χ3n) is 4.97. The molecule has 2 N–H and O–H groups in total. The molecule has 0 aliphatic heterocycles. The van der Waals surface area contributed by atoms with E-state index in [9.17, 15) is 4.39 Å². The Labute approximate surface area is 164 Å². The van der Waals surface area contributed by atoms with Gasteiger partial charge in [-0.3, -0.25) is 0 Å². The van der Waals surface area contributed by atoms with Crippen LogP contribution in [0.1, 0.15) is 25.3 Å². The molecule has 0 fully saturated rings. The van der Waals surface area contributed by atoms with Gasteiger partial charge in [-0.05, 0) is 47.9 Å². The van der Waals surface area contributed by atoms with Crippen LogP contribution >= 0.6 is 0 Å². The van der Waals surface area contributed by atoms with E-state index in [0.717, 1.165) is 58.1 Å². The van der Waals surface area contributed by atoms with Gasteiger partial charge in [0.05, 0.1) is 11.4 Å². The number of benzene rings is 3. The summed E-state index contributed by atoms with van der Waals surface area (Å²) in [6.07, 6.45) is 2.91. The van der Waals surface area contributed by atoms with Gasteiger partial charge in [-0.2, -0.15) is 0 Å². The molecular weight excluding hydrogens is 349 g/mol. The van der Waals surface area contributed by atoms with Gasteiger partial charge in [0.1, 0.15) is 5.82 Å². The van der Waals surface area contributed by atoms with Crippen LogP contribution in [0.2, 0.25) is 0 Å². The van der Waals surface area contributed by atoms with Crippen molar-refractivity contribution in [2.24, 2.45) is 0 Å². The van der Waals surface area contributed by atoms with Gasteiger partial charge in [0, 0.05) is 16.7 Å². The highest BCUT2D eigenvalue weighted by atomic mass is 19.1. The summed E-state index contributed by atoms with van der Waals surface area (Å²) in [5, 5.41) is 2.29. The Bertz CT molecular complexity index is 1120. The molecule has 3 nitrogen and oxygen atoms in total. The van der Waals surface area contributed by atoms with E-state index in [2.05, 4.69) is 41.2 Å². The molecule has 4 aromatic rings. The summed E-state index contributed by atoms with van der Waals surface area (Å²) >= 11 is 0. The lowest BCUT2D eigenvalue weighted by Gasteiger charge is -2.16. The highest BCUT2D eigenvalue weighted by molar-refractivity contribution is 5.97. The number of rotatable bonds is 5. The van der Waals surface area contributed by atoms with Gasteiger partial charge in [-0.15, -0.1) is 0 Å². The Morgan fingerprint density at radius 3 is 2.36 bits per heavy atom. The van der Waals surface area contributed by atoms with Gasteiger partial charge in [0.15, 0.2) is 0 Å². The maximum Gasteiger partial charge on any atom is 0.221 e. The normalized spacial score (nSPS) is 11.1. The maximum atomic E-state index is 13.4. The molecule has 0 bridgehead atoms. The van der Waals surface area contributed by atoms with Crippen LogP contribution in [0, 0.1) is 5.82 Å². The van der Waals surface area contributed by atoms with Crippen molar-refractivity contribution < 1.29 is 4.39 Å². The number of halogens is 1. The van der Waals surface area contributed by atoms with E-state index in [1.807, 2.05) is 18.2 Å². The number of unbranched alkanes of at least 4 members (excludes halogenated alkanes) is 1. The number of nitrogens with two attached hydrogens (primary N) is 1. The fraction of sp³-hybridized carbons (Fsp3) is 0.167. The van der Waals surface area contributed by atoms with Crippen LogP contribution < -0.4 is 5.73 Å². The molecule has 0 amide bonds. The molecule has 140 valence electrons. The smallest absolute Gasteiger partial charge is 0.221 e. The second-order valence-corrected chi connectivity index (χ2v) is 6.89. The topological polar surface area (TPSA) is 51.8 Å². The van der Waals surface area contributed by atoms with Crippen molar-refractivity contribution >= 4 is 16.7 Å². The predicted molar refractivity (Wildman–Crippen MR) is 113 cm³/mol. The fourth-order valence-electron chi connectivity index (χ4n) is 3.59. The molecule has 4 rings (SSSR count). The van der Waals surface area contributed by atoms with Crippen LogP contribution in [0.3, 0.4) is 0 Å². The van der Waals surface area contributed by atoms with Gasteiger partial charge < -0.3 is 5.73 Å². The molecule has 0 unspecified atom stereocenters. The van der Waals surface area contributed by atoms with Crippen LogP contribution in [-0.4, -0.2) is 9.97 Å². The second kappa shape index (κ2) is 7.77. The molecule has 0 spiro atoms. The van der Waals surface area contributed by atoms with Gasteiger partial charge in [0.25, 0.3) is 0 Å². The number of hydrogen-bond donors (Lipinski definition) is 1. The first-order valence-electron chi connectivity index (χ1n) is 9.58. The Morgan fingerprint density at radius 2 is 1.57 bits per heavy atom. The molecule has 0 radical (unpaired) electrons. The third-order valence-corrected chi connectivity index (χ3v) is 4.97. The molecular formula is C24H22FN3. The molecule has 28 heavy (non-hydrogen) atoms. The van der Waals surface area contributed by atoms with Crippen LogP contribution in [0.4, 0.5) is 10.3 Å². The summed E-state index contributed by atoms with van der Waals surface area (Å²) in [6.45, 7) is 2.16. The molecule has 3 aromatic carbocycles. The summed E-state index contributed by atoms with van der Waals surface area (Å²) in [5.74, 6) is -0.0438. The van der Waals surface area contributed by atoms with Crippen LogP contribution in [-0.2, 0) is 6.42 Å². The SMILES string of the molecule is CCCCc1c(-c2ccc(F)cc2)nc(N)nc1-c1cccc2ccccc12. The van der Waals surface area contributed by atoms with E-state index in [0.29, 0.717) is 0 Å². The monoisotopic (exact) mass is 371 g/mol. The minimum absolute atomic E-state index is 0.225. The summed E-state index contributed by atoms with van der Waals surface area (Å²) in [5.41, 5.74) is 10.7. The predicted octanol–water partition coefficient (Wildman–Crippen LogP) is 6.03. The van der Waals surface area contributed by atoms with Crippen molar-refractivity contribution in [1.29, 1.82) is 0 Å². The van der Waals surface area contributed by atoms with Gasteiger partial charge >= 0.3 is 0 Å². The zero-order valence-corrected chi connectivity index (χ0v) is 15.8. The summed E-state index contributed by atoms with van der Waals surface area (Å²) in [6, 6.07) is 20.9. The number of nitrogen functional groups attached to an aromatic ring is 1. The first kappa shape index (κ1) is 18.1. The maximum absolute atomic E-state index is 13.4. The van der Waals surface area contributed by atoms with Crippen LogP contribution in [0.15, 0.2) is 66.7 Å². The average molecular weight is 371 g/mol. The average Bonchev–Trinajstić information content (AvgIpc) is 2.72. The lowest BCUT2D eigenvalue weighted by Crippen LogP contribution is -2.05. The number of hydrogen-bond acceptors (Lipinski definition) is 3. The van der Waals surface area contributed by atoms with E-state index < -0.39 is 0 Å². The zero-order valence-electron chi connectivity index (χ0n) is 15.8. The van der Waals surface area contributed by atoms with E-state index in [4.69, 9.17) is 5.73 Å². The van der Waals surface area contributed by atoms with Gasteiger partial charge in [-0.1, -0.05) is 55.8 Å². The largest absolute Gasteiger partial charge is 0.368 e. The Kier molecular flexibility index (Phi) is 5.02. The standard InChI is InChI=1S/C24H22FN3/c1-2-3-9-21-22(17-12-14-18(25)15-13-17)27-24(26)28-23(21)20-11-6-8-16-7-4-5-10-19(16)20/h4-8,10-15H,2-3,9H2,1H3,(H2,26,27,28). The summed E-state index contributed by atoms with van der Waals surface area (Å²) < 4.78 is 13.4. The van der Waals surface area contributed by atoms with Crippen LogP contribution in [0.5, 0.6) is 0 Å². The summed E-state index contributed by atoms with van der Waals surface area (Å²) in [4.78, 5) is 9.18. The van der Waals surface area contributed by atoms with E-state index in [1.54, 1.807) is 12.1 Å². The lowest BCUT2D eigenvalue weighted by molar-refractivity contribution is 0.628. The fourth-order valence-corrected chi connectivity index (χ4v) is 3.59. The Balaban J connectivity index is 1.99. The first-order chi connectivity index (χ1) is 13.7. The molecule has 0 saturated carbocycles. The van der Waals surface area contributed by atoms with Crippen molar-refractivity contribution in [3.05, 3.63) is 78.1 Å². The minimum Gasteiger partial charge on any atom is -0.368 e. The number of fused-ring (bicyclic) bond motifs is 1. The third kappa shape index (κ3) is 3.46. The molecule has 0 aliphatic carbocycles. The number of aromatic nitrogens is 2. The molecule has 1 aromatic heterocycles. The zero-order chi connectivity index (χ0) is 19.5. The molecule has 0 atom stereocenters. The quantitative estimate of drug-likeness (QED) is 0.466. The Morgan fingerprint density at radius 1 is 0.857 bits per heavy atom. The van der Waals surface area contributed by atoms with E-state index >= 15 is 0 Å². The lowest BCUT2D eigenvalue weighted by atomic mass is 9.93. The van der Waals surface area contributed by atoms with Crippen molar-refractivity contribution in [2.75, 3.05) is 5.73 Å². The van der Waals surface area contributed by atoms with E-state index in [1.165, 1.54) is 12.1 Å². The number of nitrogens with zero attached hydrogens (tertiary/aromatic N) is 2. The van der Waals surface area contributed by atoms with Crippen molar-refractivity contribution in [3.8, 4) is 22.5 Å². The van der Waals surface area contributed by atoms with E-state index in [-0.39, 0.29) is 11.8 Å². The molecule has 4 heteroatoms. The Hall–Kier alpha value is -3.27. The minimum atomic E-state index is -0.268. The van der Waals surface area contributed by atoms with Crippen molar-refractivity contribution in [3.63, 3.8) is 0 Å². The van der Waals surface area contributed by atoms with Gasteiger partial charge in [-0.25, -0.2) is 14.4 Å². The molecule has 0 saturated heterocycles. The van der Waals surface area contributed by atoms with Crippen molar-refractivity contribution in [1.82, 2.24) is 9.97 Å². The summed E-state index contributed by atoms with van der Waals surface area (Å²) in [7, 11) is 0. The highest BCUT2D eigenvalue weighted by Gasteiger charge is 2.18. The molecule has 1 heterocycles. The second-order valence-electron chi connectivity index (χ2n) is 6.89. The van der Waals surface area contributed by atoms with Crippen molar-refractivity contribution in [2.45, 2.75) is 26.2 Å². The van der Waals surface area contributed by atoms with Crippen LogP contribution in [0.25, 0.3) is 33.3 Å². The highest BCUT2D eigenvalue weighted by Crippen LogP contribution is 2.35. The number of anilines is 1. The molecule has 0 aliphatic rings.